The van der Waals surface area contributed by atoms with Gasteiger partial charge in [0.25, 0.3) is 0 Å². The molecule has 0 bridgehead atoms. The van der Waals surface area contributed by atoms with E-state index in [9.17, 15) is 4.79 Å². The van der Waals surface area contributed by atoms with Gasteiger partial charge in [-0.25, -0.2) is 0 Å². The molecular formula is C8H14O2S. The van der Waals surface area contributed by atoms with Crippen molar-refractivity contribution >= 4 is 17.7 Å². The molecule has 1 atom stereocenters. The maximum atomic E-state index is 10.1. The highest BCUT2D eigenvalue weighted by Gasteiger charge is 1.94. The summed E-state index contributed by atoms with van der Waals surface area (Å²) in [6, 6.07) is 0. The van der Waals surface area contributed by atoms with Crippen molar-refractivity contribution in [3.63, 3.8) is 0 Å². The van der Waals surface area contributed by atoms with Crippen molar-refractivity contribution in [3.8, 4) is 0 Å². The summed E-state index contributed by atoms with van der Waals surface area (Å²) in [5.41, 5.74) is 0. The maximum Gasteiger partial charge on any atom is 0.307 e. The fraction of sp³-hybridized carbons (Fsp3) is 0.625. The number of carbonyl (C=O) groups is 1. The van der Waals surface area contributed by atoms with E-state index in [1.807, 2.05) is 6.08 Å². The molecule has 0 aliphatic heterocycles. The van der Waals surface area contributed by atoms with Gasteiger partial charge in [-0.15, -0.1) is 0 Å². The van der Waals surface area contributed by atoms with Crippen molar-refractivity contribution in [1.82, 2.24) is 0 Å². The lowest BCUT2D eigenvalue weighted by Crippen LogP contribution is -1.93. The van der Waals surface area contributed by atoms with Crippen LogP contribution in [0.2, 0.25) is 0 Å². The van der Waals surface area contributed by atoms with E-state index in [1.165, 1.54) is 0 Å². The van der Waals surface area contributed by atoms with Crippen molar-refractivity contribution in [2.24, 2.45) is 0 Å². The molecule has 64 valence electrons. The number of rotatable bonds is 5. The Labute approximate surface area is 71.7 Å². The standard InChI is InChI=1S/C8H14O2S/c1-3-11-7(2)5-4-6-8(9)10/h4-5,7H,3,6H2,1-2H3,(H,9,10)/b5-4-. The van der Waals surface area contributed by atoms with Crippen molar-refractivity contribution in [1.29, 1.82) is 0 Å². The minimum Gasteiger partial charge on any atom is -0.481 e. The highest BCUT2D eigenvalue weighted by atomic mass is 32.2. The van der Waals surface area contributed by atoms with Gasteiger partial charge in [-0.05, 0) is 12.7 Å². The summed E-state index contributed by atoms with van der Waals surface area (Å²) in [7, 11) is 0. The fourth-order valence-electron chi connectivity index (χ4n) is 0.679. The number of carboxylic acids is 1. The molecule has 0 saturated heterocycles. The molecule has 0 aliphatic rings. The van der Waals surface area contributed by atoms with Crippen LogP contribution in [0.25, 0.3) is 0 Å². The lowest BCUT2D eigenvalue weighted by atomic mass is 10.3. The Morgan fingerprint density at radius 3 is 2.82 bits per heavy atom. The first-order valence-corrected chi connectivity index (χ1v) is 4.71. The predicted molar refractivity (Wildman–Crippen MR) is 49.0 cm³/mol. The predicted octanol–water partition coefficient (Wildman–Crippen LogP) is 2.16. The molecule has 0 aromatic heterocycles. The van der Waals surface area contributed by atoms with E-state index in [2.05, 4.69) is 13.8 Å². The molecule has 0 aromatic carbocycles. The van der Waals surface area contributed by atoms with Gasteiger partial charge in [-0.3, -0.25) is 4.79 Å². The largest absolute Gasteiger partial charge is 0.481 e. The van der Waals surface area contributed by atoms with Crippen LogP contribution in [-0.2, 0) is 4.79 Å². The van der Waals surface area contributed by atoms with E-state index in [1.54, 1.807) is 17.8 Å². The second kappa shape index (κ2) is 6.28. The van der Waals surface area contributed by atoms with Gasteiger partial charge in [0, 0.05) is 5.25 Å². The molecular weight excluding hydrogens is 160 g/mol. The van der Waals surface area contributed by atoms with Gasteiger partial charge >= 0.3 is 5.97 Å². The van der Waals surface area contributed by atoms with Crippen LogP contribution in [0.3, 0.4) is 0 Å². The van der Waals surface area contributed by atoms with Crippen LogP contribution in [-0.4, -0.2) is 22.1 Å². The zero-order valence-electron chi connectivity index (χ0n) is 6.91. The summed E-state index contributed by atoms with van der Waals surface area (Å²) in [6.07, 6.45) is 3.77. The molecule has 0 spiro atoms. The number of hydrogen-bond acceptors (Lipinski definition) is 2. The molecule has 0 amide bonds. The van der Waals surface area contributed by atoms with Gasteiger partial charge in [0.05, 0.1) is 6.42 Å². The van der Waals surface area contributed by atoms with E-state index in [0.717, 1.165) is 5.75 Å². The molecule has 0 aromatic rings. The van der Waals surface area contributed by atoms with Crippen LogP contribution in [0.1, 0.15) is 20.3 Å². The van der Waals surface area contributed by atoms with E-state index in [0.29, 0.717) is 5.25 Å². The molecule has 0 heterocycles. The molecule has 0 rings (SSSR count). The molecule has 0 fully saturated rings. The molecule has 11 heavy (non-hydrogen) atoms. The van der Waals surface area contributed by atoms with Crippen LogP contribution < -0.4 is 0 Å². The summed E-state index contributed by atoms with van der Waals surface area (Å²) in [5, 5.41) is 8.73. The van der Waals surface area contributed by atoms with Gasteiger partial charge in [0.15, 0.2) is 0 Å². The van der Waals surface area contributed by atoms with Crippen molar-refractivity contribution in [2.45, 2.75) is 25.5 Å². The van der Waals surface area contributed by atoms with E-state index >= 15 is 0 Å². The highest BCUT2D eigenvalue weighted by molar-refractivity contribution is 8.00. The summed E-state index contributed by atoms with van der Waals surface area (Å²) in [5.74, 6) is 0.299. The van der Waals surface area contributed by atoms with Crippen LogP contribution in [0, 0.1) is 0 Å². The average molecular weight is 174 g/mol. The number of aliphatic carboxylic acids is 1. The van der Waals surface area contributed by atoms with E-state index in [-0.39, 0.29) is 6.42 Å². The van der Waals surface area contributed by atoms with Gasteiger partial charge < -0.3 is 5.11 Å². The third-order valence-corrected chi connectivity index (χ3v) is 2.15. The zero-order chi connectivity index (χ0) is 8.69. The minimum absolute atomic E-state index is 0.134. The number of carboxylic acid groups (broad SMARTS) is 1. The summed E-state index contributed by atoms with van der Waals surface area (Å²) < 4.78 is 0. The Morgan fingerprint density at radius 1 is 1.73 bits per heavy atom. The Morgan fingerprint density at radius 2 is 2.36 bits per heavy atom. The number of thioether (sulfide) groups is 1. The smallest absolute Gasteiger partial charge is 0.307 e. The minimum atomic E-state index is -0.769. The van der Waals surface area contributed by atoms with Crippen molar-refractivity contribution in [2.75, 3.05) is 5.75 Å². The van der Waals surface area contributed by atoms with Crippen LogP contribution in [0.15, 0.2) is 12.2 Å². The molecule has 0 saturated carbocycles. The Hall–Kier alpha value is -0.440. The monoisotopic (exact) mass is 174 g/mol. The Balaban J connectivity index is 3.47. The second-order valence-corrected chi connectivity index (χ2v) is 3.84. The van der Waals surface area contributed by atoms with Crippen LogP contribution in [0.5, 0.6) is 0 Å². The summed E-state index contributed by atoms with van der Waals surface area (Å²) in [4.78, 5) is 10.1. The quantitative estimate of drug-likeness (QED) is 0.649. The lowest BCUT2D eigenvalue weighted by molar-refractivity contribution is -0.136. The lowest BCUT2D eigenvalue weighted by Gasteiger charge is -2.00. The van der Waals surface area contributed by atoms with Crippen LogP contribution in [0.4, 0.5) is 0 Å². The Bertz CT molecular complexity index is 143. The molecule has 0 radical (unpaired) electrons. The third kappa shape index (κ3) is 7.46. The van der Waals surface area contributed by atoms with Gasteiger partial charge in [0.2, 0.25) is 0 Å². The molecule has 0 aliphatic carbocycles. The van der Waals surface area contributed by atoms with Crippen molar-refractivity contribution < 1.29 is 9.90 Å². The first kappa shape index (κ1) is 10.6. The average Bonchev–Trinajstić information content (AvgIpc) is 1.87. The zero-order valence-corrected chi connectivity index (χ0v) is 7.73. The second-order valence-electron chi connectivity index (χ2n) is 2.19. The normalized spacial score (nSPS) is 13.6. The van der Waals surface area contributed by atoms with Gasteiger partial charge in [0.1, 0.15) is 0 Å². The Kier molecular flexibility index (Phi) is 6.03. The summed E-state index contributed by atoms with van der Waals surface area (Å²) >= 11 is 1.80. The SMILES string of the molecule is CCSC(C)/C=C\CC(=O)O. The topological polar surface area (TPSA) is 37.3 Å². The highest BCUT2D eigenvalue weighted by Crippen LogP contribution is 2.10. The molecule has 1 N–H and O–H groups in total. The van der Waals surface area contributed by atoms with Crippen LogP contribution >= 0.6 is 11.8 Å². The molecule has 1 unspecified atom stereocenters. The van der Waals surface area contributed by atoms with Gasteiger partial charge in [-0.1, -0.05) is 19.1 Å². The summed E-state index contributed by atoms with van der Waals surface area (Å²) in [6.45, 7) is 4.15. The maximum absolute atomic E-state index is 10.1. The van der Waals surface area contributed by atoms with E-state index < -0.39 is 5.97 Å². The fourth-order valence-corrected chi connectivity index (χ4v) is 1.43. The number of hydrogen-bond donors (Lipinski definition) is 1. The first-order chi connectivity index (χ1) is 5.16. The third-order valence-electron chi connectivity index (χ3n) is 1.13. The first-order valence-electron chi connectivity index (χ1n) is 3.67. The van der Waals surface area contributed by atoms with E-state index in [4.69, 9.17) is 5.11 Å². The van der Waals surface area contributed by atoms with Crippen molar-refractivity contribution in [3.05, 3.63) is 12.2 Å². The van der Waals surface area contributed by atoms with Gasteiger partial charge in [-0.2, -0.15) is 11.8 Å². The molecule has 3 heteroatoms. The molecule has 2 nitrogen and oxygen atoms in total.